The number of halogens is 1. The molecule has 0 saturated heterocycles. The van der Waals surface area contributed by atoms with E-state index in [1.165, 1.54) is 5.56 Å². The Hall–Kier alpha value is -2.34. The van der Waals surface area contributed by atoms with Gasteiger partial charge in [-0.2, -0.15) is 4.98 Å². The van der Waals surface area contributed by atoms with Crippen LogP contribution in [0, 0.1) is 13.8 Å². The molecule has 6 nitrogen and oxygen atoms in total. The third-order valence-corrected chi connectivity index (χ3v) is 3.55. The first-order valence-corrected chi connectivity index (χ1v) is 7.06. The Kier molecular flexibility index (Phi) is 4.82. The van der Waals surface area contributed by atoms with Crippen LogP contribution in [0.15, 0.2) is 24.3 Å². The number of carbonyl (C=O) groups is 1. The molecular formula is C15H17ClN4O2. The smallest absolute Gasteiger partial charge is 0.322 e. The molecule has 0 bridgehead atoms. The molecule has 0 aliphatic rings. The van der Waals surface area contributed by atoms with Crippen LogP contribution in [-0.4, -0.2) is 34.6 Å². The molecule has 2 aromatic rings. The van der Waals surface area contributed by atoms with Crippen molar-refractivity contribution in [1.29, 1.82) is 0 Å². The summed E-state index contributed by atoms with van der Waals surface area (Å²) in [7, 11) is 1.88. The van der Waals surface area contributed by atoms with Crippen LogP contribution >= 0.6 is 11.6 Å². The van der Waals surface area contributed by atoms with E-state index in [4.69, 9.17) is 16.7 Å². The molecule has 0 radical (unpaired) electrons. The molecule has 0 unspecified atom stereocenters. The normalized spacial score (nSPS) is 10.4. The van der Waals surface area contributed by atoms with Gasteiger partial charge in [0.2, 0.25) is 5.95 Å². The van der Waals surface area contributed by atoms with E-state index in [1.54, 1.807) is 6.07 Å². The van der Waals surface area contributed by atoms with Crippen LogP contribution in [0.2, 0.25) is 5.15 Å². The lowest BCUT2D eigenvalue weighted by atomic mass is 10.1. The second-order valence-electron chi connectivity index (χ2n) is 4.90. The van der Waals surface area contributed by atoms with Crippen LogP contribution in [0.25, 0.3) is 0 Å². The van der Waals surface area contributed by atoms with Gasteiger partial charge in [0.25, 0.3) is 0 Å². The minimum absolute atomic E-state index is 0.182. The lowest BCUT2D eigenvalue weighted by Gasteiger charge is -2.22. The number of nitrogens with one attached hydrogen (secondary N) is 1. The molecule has 0 saturated carbocycles. The fourth-order valence-corrected chi connectivity index (χ4v) is 2.21. The Morgan fingerprint density at radius 3 is 2.77 bits per heavy atom. The van der Waals surface area contributed by atoms with Crippen LogP contribution in [0.5, 0.6) is 0 Å². The quantitative estimate of drug-likeness (QED) is 0.825. The van der Waals surface area contributed by atoms with Gasteiger partial charge in [0.1, 0.15) is 17.5 Å². The van der Waals surface area contributed by atoms with Gasteiger partial charge in [0, 0.05) is 18.8 Å². The summed E-state index contributed by atoms with van der Waals surface area (Å²) in [6, 6.07) is 7.64. The van der Waals surface area contributed by atoms with Crippen molar-refractivity contribution in [1.82, 2.24) is 9.97 Å². The average molecular weight is 321 g/mol. The van der Waals surface area contributed by atoms with E-state index >= 15 is 0 Å². The van der Waals surface area contributed by atoms with E-state index in [1.807, 2.05) is 44.0 Å². The molecule has 0 amide bonds. The maximum atomic E-state index is 10.6. The van der Waals surface area contributed by atoms with Gasteiger partial charge in [-0.15, -0.1) is 0 Å². The molecule has 0 spiro atoms. The van der Waals surface area contributed by atoms with Gasteiger partial charge >= 0.3 is 5.97 Å². The lowest BCUT2D eigenvalue weighted by molar-refractivity contribution is -0.134. The van der Waals surface area contributed by atoms with E-state index in [0.29, 0.717) is 5.82 Å². The molecule has 2 N–H and O–H groups in total. The van der Waals surface area contributed by atoms with Gasteiger partial charge in [0.05, 0.1) is 0 Å². The predicted molar refractivity (Wildman–Crippen MR) is 87.1 cm³/mol. The summed E-state index contributed by atoms with van der Waals surface area (Å²) in [5, 5.41) is 11.6. The average Bonchev–Trinajstić information content (AvgIpc) is 2.47. The first kappa shape index (κ1) is 16.0. The van der Waals surface area contributed by atoms with Crippen molar-refractivity contribution in [2.24, 2.45) is 0 Å². The highest BCUT2D eigenvalue weighted by atomic mass is 35.5. The number of anilines is 3. The Morgan fingerprint density at radius 1 is 1.36 bits per heavy atom. The van der Waals surface area contributed by atoms with Crippen molar-refractivity contribution >= 4 is 35.0 Å². The summed E-state index contributed by atoms with van der Waals surface area (Å²) in [6.07, 6.45) is 0. The predicted octanol–water partition coefficient (Wildman–Crippen LogP) is 3.01. The third-order valence-electron chi connectivity index (χ3n) is 3.36. The molecule has 0 fully saturated rings. The third kappa shape index (κ3) is 3.65. The van der Waals surface area contributed by atoms with Crippen LogP contribution in [0.1, 0.15) is 11.1 Å². The summed E-state index contributed by atoms with van der Waals surface area (Å²) in [6.45, 7) is 3.81. The Balaban J connectivity index is 2.35. The van der Waals surface area contributed by atoms with E-state index in [9.17, 15) is 4.79 Å². The maximum Gasteiger partial charge on any atom is 0.322 e. The molecule has 0 atom stereocenters. The second kappa shape index (κ2) is 6.62. The minimum Gasteiger partial charge on any atom is -0.480 e. The molecule has 2 rings (SSSR count). The number of aromatic nitrogens is 2. The summed E-state index contributed by atoms with van der Waals surface area (Å²) < 4.78 is 0. The second-order valence-corrected chi connectivity index (χ2v) is 5.29. The first-order valence-electron chi connectivity index (χ1n) is 6.68. The number of aliphatic carboxylic acids is 1. The largest absolute Gasteiger partial charge is 0.480 e. The van der Waals surface area contributed by atoms with Crippen molar-refractivity contribution in [2.75, 3.05) is 23.8 Å². The number of nitrogens with zero attached hydrogens (tertiary/aromatic N) is 3. The van der Waals surface area contributed by atoms with Crippen LogP contribution in [-0.2, 0) is 4.79 Å². The first-order chi connectivity index (χ1) is 10.4. The van der Waals surface area contributed by atoms with E-state index in [0.717, 1.165) is 11.3 Å². The van der Waals surface area contributed by atoms with Gasteiger partial charge in [-0.3, -0.25) is 4.79 Å². The molecule has 22 heavy (non-hydrogen) atoms. The highest BCUT2D eigenvalue weighted by Gasteiger charge is 2.12. The number of benzene rings is 1. The summed E-state index contributed by atoms with van der Waals surface area (Å²) in [5.41, 5.74) is 3.31. The van der Waals surface area contributed by atoms with Gasteiger partial charge < -0.3 is 15.3 Å². The SMILES string of the molecule is Cc1cccc(N(C)c2cc(Cl)nc(NCC(=O)O)n2)c1C. The van der Waals surface area contributed by atoms with E-state index in [-0.39, 0.29) is 17.6 Å². The van der Waals surface area contributed by atoms with Crippen molar-refractivity contribution < 1.29 is 9.90 Å². The fourth-order valence-electron chi connectivity index (χ4n) is 2.03. The van der Waals surface area contributed by atoms with Crippen LogP contribution in [0.3, 0.4) is 0 Å². The van der Waals surface area contributed by atoms with Gasteiger partial charge in [-0.1, -0.05) is 23.7 Å². The zero-order valence-corrected chi connectivity index (χ0v) is 13.3. The number of hydrogen-bond donors (Lipinski definition) is 2. The molecule has 1 aromatic carbocycles. The number of rotatable bonds is 5. The molecular weight excluding hydrogens is 304 g/mol. The highest BCUT2D eigenvalue weighted by Crippen LogP contribution is 2.28. The monoisotopic (exact) mass is 320 g/mol. The molecule has 0 aliphatic carbocycles. The van der Waals surface area contributed by atoms with E-state index in [2.05, 4.69) is 15.3 Å². The van der Waals surface area contributed by atoms with Crippen molar-refractivity contribution in [3.8, 4) is 0 Å². The summed E-state index contributed by atoms with van der Waals surface area (Å²) in [5.74, 6) is -0.225. The summed E-state index contributed by atoms with van der Waals surface area (Å²) >= 11 is 6.00. The molecule has 1 aromatic heterocycles. The standard InChI is InChI=1S/C15H17ClN4O2/c1-9-5-4-6-11(10(9)2)20(3)13-7-12(16)18-15(19-13)17-8-14(21)22/h4-7H,8H2,1-3H3,(H,21,22)(H,17,18,19). The lowest BCUT2D eigenvalue weighted by Crippen LogP contribution is -2.17. The van der Waals surface area contributed by atoms with Gasteiger partial charge in [-0.05, 0) is 31.0 Å². The number of carboxylic acid groups (broad SMARTS) is 1. The number of hydrogen-bond acceptors (Lipinski definition) is 5. The van der Waals surface area contributed by atoms with Crippen molar-refractivity contribution in [3.63, 3.8) is 0 Å². The van der Waals surface area contributed by atoms with Gasteiger partial charge in [0.15, 0.2) is 0 Å². The van der Waals surface area contributed by atoms with Crippen LogP contribution < -0.4 is 10.2 Å². The highest BCUT2D eigenvalue weighted by molar-refractivity contribution is 6.29. The molecule has 0 aliphatic heterocycles. The topological polar surface area (TPSA) is 78.4 Å². The van der Waals surface area contributed by atoms with E-state index < -0.39 is 5.97 Å². The number of aryl methyl sites for hydroxylation is 1. The Morgan fingerprint density at radius 2 is 2.09 bits per heavy atom. The minimum atomic E-state index is -0.993. The zero-order valence-electron chi connectivity index (χ0n) is 12.6. The van der Waals surface area contributed by atoms with Crippen molar-refractivity contribution in [2.45, 2.75) is 13.8 Å². The fraction of sp³-hybridized carbons (Fsp3) is 0.267. The zero-order chi connectivity index (χ0) is 16.3. The van der Waals surface area contributed by atoms with Gasteiger partial charge in [-0.25, -0.2) is 4.98 Å². The van der Waals surface area contributed by atoms with Crippen molar-refractivity contribution in [3.05, 3.63) is 40.5 Å². The van der Waals surface area contributed by atoms with Crippen LogP contribution in [0.4, 0.5) is 17.5 Å². The maximum absolute atomic E-state index is 10.6. The molecule has 1 heterocycles. The molecule has 116 valence electrons. The summed E-state index contributed by atoms with van der Waals surface area (Å²) in [4.78, 5) is 20.8. The Labute approximate surface area is 133 Å². The number of carboxylic acids is 1. The molecule has 7 heteroatoms. The Bertz CT molecular complexity index is 706.